The highest BCUT2D eigenvalue weighted by atomic mass is 19.4. The van der Waals surface area contributed by atoms with Crippen LogP contribution in [0.15, 0.2) is 54.7 Å². The van der Waals surface area contributed by atoms with Crippen molar-refractivity contribution in [3.05, 3.63) is 82.9 Å². The Morgan fingerprint density at radius 1 is 0.968 bits per heavy atom. The smallest absolute Gasteiger partial charge is 0.352 e. The first kappa shape index (κ1) is 22.3. The normalized spacial score (nSPS) is 12.1. The van der Waals surface area contributed by atoms with Crippen LogP contribution in [-0.4, -0.2) is 22.2 Å². The van der Waals surface area contributed by atoms with E-state index < -0.39 is 46.6 Å². The molecule has 0 radical (unpaired) electrons. The van der Waals surface area contributed by atoms with Crippen molar-refractivity contribution in [2.75, 3.05) is 6.54 Å². The average Bonchev–Trinajstić information content (AvgIpc) is 3.13. The Balaban J connectivity index is 1.87. The van der Waals surface area contributed by atoms with Crippen molar-refractivity contribution in [2.24, 2.45) is 0 Å². The van der Waals surface area contributed by atoms with E-state index in [9.17, 15) is 35.5 Å². The van der Waals surface area contributed by atoms with Gasteiger partial charge >= 0.3 is 12.4 Å². The molecule has 3 aromatic rings. The van der Waals surface area contributed by atoms with E-state index in [4.69, 9.17) is 0 Å². The van der Waals surface area contributed by atoms with Crippen LogP contribution in [0.5, 0.6) is 0 Å². The van der Waals surface area contributed by atoms with Crippen LogP contribution in [0.3, 0.4) is 0 Å². The van der Waals surface area contributed by atoms with Crippen LogP contribution in [0.1, 0.15) is 27.2 Å². The Hall–Kier alpha value is -3.37. The predicted molar refractivity (Wildman–Crippen MR) is 96.0 cm³/mol. The molecule has 1 N–H and O–H groups in total. The average molecular weight is 445 g/mol. The second-order valence-corrected chi connectivity index (χ2v) is 6.50. The Morgan fingerprint density at radius 3 is 2.32 bits per heavy atom. The van der Waals surface area contributed by atoms with Crippen molar-refractivity contribution < 1.29 is 35.5 Å². The summed E-state index contributed by atoms with van der Waals surface area (Å²) in [6.45, 7) is -0.0890. The highest BCUT2D eigenvalue weighted by molar-refractivity contribution is 5.95. The molecule has 1 amide bonds. The first-order valence-electron chi connectivity index (χ1n) is 8.82. The first-order chi connectivity index (χ1) is 14.5. The van der Waals surface area contributed by atoms with Crippen molar-refractivity contribution in [3.63, 3.8) is 0 Å². The minimum Gasteiger partial charge on any atom is -0.352 e. The highest BCUT2D eigenvalue weighted by Crippen LogP contribution is 2.35. The summed E-state index contributed by atoms with van der Waals surface area (Å²) in [5.74, 6) is -1.60. The van der Waals surface area contributed by atoms with Crippen molar-refractivity contribution in [1.82, 2.24) is 15.1 Å². The first-order valence-corrected chi connectivity index (χ1v) is 8.82. The Labute approximate surface area is 171 Å². The van der Waals surface area contributed by atoms with E-state index in [0.717, 1.165) is 12.1 Å². The second kappa shape index (κ2) is 8.40. The molecule has 31 heavy (non-hydrogen) atoms. The summed E-state index contributed by atoms with van der Waals surface area (Å²) < 4.78 is 93.1. The number of nitrogens with zero attached hydrogens (tertiary/aromatic N) is 2. The van der Waals surface area contributed by atoms with Crippen LogP contribution in [0.2, 0.25) is 0 Å². The van der Waals surface area contributed by atoms with E-state index in [1.54, 1.807) is 6.07 Å². The number of rotatable bonds is 5. The summed E-state index contributed by atoms with van der Waals surface area (Å²) >= 11 is 0. The van der Waals surface area contributed by atoms with Gasteiger partial charge in [-0.15, -0.1) is 0 Å². The van der Waals surface area contributed by atoms with Gasteiger partial charge in [0.15, 0.2) is 5.69 Å². The fourth-order valence-electron chi connectivity index (χ4n) is 2.91. The van der Waals surface area contributed by atoms with Crippen LogP contribution in [0.4, 0.5) is 30.7 Å². The Bertz CT molecular complexity index is 1090. The summed E-state index contributed by atoms with van der Waals surface area (Å²) in [5.41, 5.74) is -3.48. The van der Waals surface area contributed by atoms with Gasteiger partial charge in [0.05, 0.1) is 23.0 Å². The van der Waals surface area contributed by atoms with Crippen molar-refractivity contribution in [1.29, 1.82) is 0 Å². The van der Waals surface area contributed by atoms with Gasteiger partial charge in [0.2, 0.25) is 0 Å². The maximum atomic E-state index is 13.6. The van der Waals surface area contributed by atoms with Crippen molar-refractivity contribution in [2.45, 2.75) is 18.8 Å². The summed E-state index contributed by atoms with van der Waals surface area (Å²) in [4.78, 5) is 12.3. The fourth-order valence-corrected chi connectivity index (χ4v) is 2.91. The number of alkyl halides is 6. The molecular weight excluding hydrogens is 431 g/mol. The van der Waals surface area contributed by atoms with E-state index in [0.29, 0.717) is 23.9 Å². The maximum absolute atomic E-state index is 13.6. The Morgan fingerprint density at radius 2 is 1.68 bits per heavy atom. The standard InChI is InChI=1S/C20H14F7N3O/c21-14-5-1-3-12(9-14)7-8-28-18(31)16-11-29-30(17(16)20(25,26)27)15-6-2-4-13(10-15)19(22,23)24/h1-6,9-11H,7-8H2,(H,28,31). The summed E-state index contributed by atoms with van der Waals surface area (Å²) in [6, 6.07) is 8.66. The molecule has 0 atom stereocenters. The third-order valence-corrected chi connectivity index (χ3v) is 4.29. The third kappa shape index (κ3) is 5.22. The number of hydrogen-bond acceptors (Lipinski definition) is 2. The molecule has 0 aliphatic carbocycles. The molecule has 0 aliphatic heterocycles. The van der Waals surface area contributed by atoms with Crippen LogP contribution in [-0.2, 0) is 18.8 Å². The molecular formula is C20H14F7N3O. The van der Waals surface area contributed by atoms with Crippen LogP contribution >= 0.6 is 0 Å². The number of aromatic nitrogens is 2. The van der Waals surface area contributed by atoms with E-state index in [1.165, 1.54) is 18.2 Å². The monoisotopic (exact) mass is 445 g/mol. The predicted octanol–water partition coefficient (Wildman–Crippen LogP) is 5.02. The lowest BCUT2D eigenvalue weighted by atomic mass is 10.1. The topological polar surface area (TPSA) is 46.9 Å². The molecule has 0 saturated heterocycles. The highest BCUT2D eigenvalue weighted by Gasteiger charge is 2.41. The lowest BCUT2D eigenvalue weighted by molar-refractivity contribution is -0.143. The van der Waals surface area contributed by atoms with Gasteiger partial charge in [-0.25, -0.2) is 9.07 Å². The zero-order valence-corrected chi connectivity index (χ0v) is 15.6. The van der Waals surface area contributed by atoms with Gasteiger partial charge < -0.3 is 5.32 Å². The Kier molecular flexibility index (Phi) is 6.05. The minimum atomic E-state index is -5.07. The second-order valence-electron chi connectivity index (χ2n) is 6.50. The number of halogens is 7. The molecule has 0 spiro atoms. The van der Waals surface area contributed by atoms with Crippen molar-refractivity contribution >= 4 is 5.91 Å². The zero-order valence-electron chi connectivity index (χ0n) is 15.6. The molecule has 0 fully saturated rings. The van der Waals surface area contributed by atoms with E-state index >= 15 is 0 Å². The number of amides is 1. The van der Waals surface area contributed by atoms with Crippen LogP contribution in [0, 0.1) is 5.82 Å². The van der Waals surface area contributed by atoms with Crippen molar-refractivity contribution in [3.8, 4) is 5.69 Å². The molecule has 0 unspecified atom stereocenters. The summed E-state index contributed by atoms with van der Waals surface area (Å²) in [5, 5.41) is 5.78. The number of nitrogens with one attached hydrogen (secondary N) is 1. The SMILES string of the molecule is O=C(NCCc1cccc(F)c1)c1cnn(-c2cccc(C(F)(F)F)c2)c1C(F)(F)F. The molecule has 1 aromatic heterocycles. The third-order valence-electron chi connectivity index (χ3n) is 4.29. The van der Waals surface area contributed by atoms with Gasteiger partial charge in [-0.05, 0) is 42.3 Å². The van der Waals surface area contributed by atoms with Gasteiger partial charge in [0.1, 0.15) is 5.82 Å². The molecule has 0 saturated carbocycles. The van der Waals surface area contributed by atoms with Gasteiger partial charge in [-0.3, -0.25) is 4.79 Å². The molecule has 2 aromatic carbocycles. The van der Waals surface area contributed by atoms with Crippen LogP contribution < -0.4 is 5.32 Å². The van der Waals surface area contributed by atoms with E-state index in [-0.39, 0.29) is 17.6 Å². The summed E-state index contributed by atoms with van der Waals surface area (Å²) in [6.07, 6.45) is -9.04. The molecule has 4 nitrogen and oxygen atoms in total. The van der Waals surface area contributed by atoms with Gasteiger partial charge in [-0.1, -0.05) is 18.2 Å². The number of benzene rings is 2. The fraction of sp³-hybridized carbons (Fsp3) is 0.200. The molecule has 0 aliphatic rings. The van der Waals surface area contributed by atoms with Gasteiger partial charge in [0, 0.05) is 6.54 Å². The molecule has 164 valence electrons. The van der Waals surface area contributed by atoms with E-state index in [2.05, 4.69) is 10.4 Å². The lowest BCUT2D eigenvalue weighted by Crippen LogP contribution is -2.28. The van der Waals surface area contributed by atoms with Gasteiger partial charge in [-0.2, -0.15) is 31.4 Å². The largest absolute Gasteiger partial charge is 0.434 e. The lowest BCUT2D eigenvalue weighted by Gasteiger charge is -2.14. The molecule has 0 bridgehead atoms. The quantitative estimate of drug-likeness (QED) is 0.561. The van der Waals surface area contributed by atoms with E-state index in [1.807, 2.05) is 0 Å². The van der Waals surface area contributed by atoms with Gasteiger partial charge in [0.25, 0.3) is 5.91 Å². The number of carbonyl (C=O) groups is 1. The molecule has 11 heteroatoms. The van der Waals surface area contributed by atoms with Crippen LogP contribution in [0.25, 0.3) is 5.69 Å². The summed E-state index contributed by atoms with van der Waals surface area (Å²) in [7, 11) is 0. The number of hydrogen-bond donors (Lipinski definition) is 1. The maximum Gasteiger partial charge on any atom is 0.434 e. The molecule has 3 rings (SSSR count). The molecule has 1 heterocycles. The zero-order chi connectivity index (χ0) is 22.8. The number of carbonyl (C=O) groups excluding carboxylic acids is 1. The minimum absolute atomic E-state index is 0.0890.